The second-order valence-electron chi connectivity index (χ2n) is 7.21. The van der Waals surface area contributed by atoms with Crippen molar-refractivity contribution in [3.63, 3.8) is 0 Å². The van der Waals surface area contributed by atoms with Crippen LogP contribution in [0.15, 0.2) is 60.7 Å². The molecule has 1 aliphatic carbocycles. The normalized spacial score (nSPS) is 14.8. The first-order chi connectivity index (χ1) is 14.2. The van der Waals surface area contributed by atoms with Gasteiger partial charge in [-0.3, -0.25) is 4.79 Å². The number of fused-ring (bicyclic) bond motifs is 1. The molecule has 1 aliphatic rings. The summed E-state index contributed by atoms with van der Waals surface area (Å²) in [5, 5.41) is 10.8. The van der Waals surface area contributed by atoms with Crippen molar-refractivity contribution >= 4 is 16.9 Å². The molecule has 1 saturated carbocycles. The van der Waals surface area contributed by atoms with Gasteiger partial charge < -0.3 is 9.84 Å². The fraction of sp³-hybridized carbons (Fsp3) is 0.360. The minimum absolute atomic E-state index is 0.246. The fourth-order valence-corrected chi connectivity index (χ4v) is 4.02. The van der Waals surface area contributed by atoms with E-state index in [1.807, 2.05) is 74.5 Å². The monoisotopic (exact) mass is 391 g/mol. The van der Waals surface area contributed by atoms with Gasteiger partial charge in [0.2, 0.25) is 0 Å². The van der Waals surface area contributed by atoms with Crippen LogP contribution in [-0.4, -0.2) is 16.1 Å². The summed E-state index contributed by atoms with van der Waals surface area (Å²) in [5.74, 6) is -0.167. The van der Waals surface area contributed by atoms with Gasteiger partial charge >= 0.3 is 5.97 Å². The van der Waals surface area contributed by atoms with E-state index in [9.17, 15) is 9.90 Å². The predicted molar refractivity (Wildman–Crippen MR) is 116 cm³/mol. The Morgan fingerprint density at radius 2 is 1.72 bits per heavy atom. The average molecular weight is 392 g/mol. The fourth-order valence-electron chi connectivity index (χ4n) is 4.02. The predicted octanol–water partition coefficient (Wildman–Crippen LogP) is 6.20. The second-order valence-corrected chi connectivity index (χ2v) is 7.21. The molecule has 0 bridgehead atoms. The Kier molecular flexibility index (Phi) is 7.23. The number of carboxylic acid groups (broad SMARTS) is 1. The number of para-hydroxylation sites is 1. The number of hydrogen-bond donors (Lipinski definition) is 1. The number of nitrogens with zero attached hydrogens (tertiary/aromatic N) is 1. The van der Waals surface area contributed by atoms with Crippen LogP contribution < -0.4 is 4.74 Å². The summed E-state index contributed by atoms with van der Waals surface area (Å²) in [6.45, 7) is 4.38. The van der Waals surface area contributed by atoms with Gasteiger partial charge in [0, 0.05) is 5.39 Å². The van der Waals surface area contributed by atoms with Crippen molar-refractivity contribution in [1.29, 1.82) is 0 Å². The van der Waals surface area contributed by atoms with Crippen molar-refractivity contribution in [2.24, 2.45) is 5.92 Å². The molecule has 1 fully saturated rings. The van der Waals surface area contributed by atoms with Gasteiger partial charge in [-0.1, -0.05) is 63.1 Å². The second kappa shape index (κ2) is 10.1. The first-order valence-corrected chi connectivity index (χ1v) is 10.5. The highest BCUT2D eigenvalue weighted by atomic mass is 16.5. The van der Waals surface area contributed by atoms with Crippen LogP contribution in [0.3, 0.4) is 0 Å². The van der Waals surface area contributed by atoms with Crippen LogP contribution in [-0.2, 0) is 11.4 Å². The molecule has 2 aromatic carbocycles. The maximum absolute atomic E-state index is 11.8. The van der Waals surface area contributed by atoms with E-state index in [2.05, 4.69) is 4.98 Å². The van der Waals surface area contributed by atoms with E-state index in [1.54, 1.807) is 0 Å². The maximum atomic E-state index is 11.8. The first kappa shape index (κ1) is 20.8. The van der Waals surface area contributed by atoms with Crippen molar-refractivity contribution in [3.8, 4) is 5.75 Å². The van der Waals surface area contributed by atoms with Crippen molar-refractivity contribution in [2.75, 3.05) is 0 Å². The van der Waals surface area contributed by atoms with E-state index < -0.39 is 11.9 Å². The zero-order valence-corrected chi connectivity index (χ0v) is 17.2. The molecule has 0 spiro atoms. The average Bonchev–Trinajstić information content (AvgIpc) is 3.28. The summed E-state index contributed by atoms with van der Waals surface area (Å²) in [6.07, 6.45) is 4.27. The van der Waals surface area contributed by atoms with Crippen molar-refractivity contribution in [1.82, 2.24) is 4.98 Å². The minimum atomic E-state index is -0.726. The first-order valence-electron chi connectivity index (χ1n) is 10.5. The standard InChI is InChI=1S/C23H23NO3.C2H6/c25-23(26)22(17-6-1-2-7-17)18-10-13-20(14-11-18)27-15-19-12-9-16-5-3-4-8-21(16)24-19;1-2/h3-5,8-14,17,22H,1-2,6-7,15H2,(H,25,26);1-2H3/t22-;/m1./s1. The Labute approximate surface area is 172 Å². The highest BCUT2D eigenvalue weighted by molar-refractivity contribution is 5.78. The molecule has 1 aromatic heterocycles. The highest BCUT2D eigenvalue weighted by Gasteiger charge is 2.31. The SMILES string of the molecule is CC.O=C(O)[C@@H](c1ccc(OCc2ccc3ccccc3n2)cc1)C1CCCC1. The molecule has 0 saturated heterocycles. The van der Waals surface area contributed by atoms with Crippen LogP contribution in [0.2, 0.25) is 0 Å². The highest BCUT2D eigenvalue weighted by Crippen LogP contribution is 2.38. The molecule has 0 aliphatic heterocycles. The topological polar surface area (TPSA) is 59.4 Å². The Morgan fingerprint density at radius 3 is 2.41 bits per heavy atom. The van der Waals surface area contributed by atoms with Gasteiger partial charge in [0.15, 0.2) is 0 Å². The van der Waals surface area contributed by atoms with Gasteiger partial charge in [-0.05, 0) is 48.6 Å². The number of hydrogen-bond acceptors (Lipinski definition) is 3. The quantitative estimate of drug-likeness (QED) is 0.543. The lowest BCUT2D eigenvalue weighted by Crippen LogP contribution is -2.19. The van der Waals surface area contributed by atoms with E-state index in [0.29, 0.717) is 6.61 Å². The molecule has 29 heavy (non-hydrogen) atoms. The van der Waals surface area contributed by atoms with Crippen molar-refractivity contribution in [2.45, 2.75) is 52.1 Å². The van der Waals surface area contributed by atoms with Gasteiger partial charge in [0.1, 0.15) is 12.4 Å². The zero-order chi connectivity index (χ0) is 20.6. The summed E-state index contributed by atoms with van der Waals surface area (Å²) in [4.78, 5) is 16.4. The summed E-state index contributed by atoms with van der Waals surface area (Å²) < 4.78 is 5.85. The van der Waals surface area contributed by atoms with Gasteiger partial charge in [-0.15, -0.1) is 0 Å². The lowest BCUT2D eigenvalue weighted by Gasteiger charge is -2.19. The Hall–Kier alpha value is -2.88. The van der Waals surface area contributed by atoms with Crippen LogP contribution in [0, 0.1) is 5.92 Å². The molecule has 1 heterocycles. The third kappa shape index (κ3) is 5.14. The Morgan fingerprint density at radius 1 is 1.03 bits per heavy atom. The summed E-state index contributed by atoms with van der Waals surface area (Å²) in [6, 6.07) is 19.5. The van der Waals surface area contributed by atoms with Gasteiger partial charge in [0.05, 0.1) is 17.1 Å². The van der Waals surface area contributed by atoms with Crippen LogP contribution in [0.25, 0.3) is 10.9 Å². The van der Waals surface area contributed by atoms with Crippen LogP contribution >= 0.6 is 0 Å². The number of carbonyl (C=O) groups is 1. The molecule has 0 unspecified atom stereocenters. The number of pyridine rings is 1. The number of carboxylic acids is 1. The molecular formula is C25H29NO3. The van der Waals surface area contributed by atoms with E-state index in [4.69, 9.17) is 4.74 Å². The molecular weight excluding hydrogens is 362 g/mol. The maximum Gasteiger partial charge on any atom is 0.311 e. The lowest BCUT2D eigenvalue weighted by atomic mass is 9.85. The smallest absolute Gasteiger partial charge is 0.311 e. The molecule has 4 heteroatoms. The van der Waals surface area contributed by atoms with Crippen molar-refractivity contribution in [3.05, 3.63) is 71.9 Å². The summed E-state index contributed by atoms with van der Waals surface area (Å²) >= 11 is 0. The summed E-state index contributed by atoms with van der Waals surface area (Å²) in [7, 11) is 0. The number of aliphatic carboxylic acids is 1. The van der Waals surface area contributed by atoms with E-state index in [-0.39, 0.29) is 5.92 Å². The largest absolute Gasteiger partial charge is 0.487 e. The lowest BCUT2D eigenvalue weighted by molar-refractivity contribution is -0.140. The molecule has 0 radical (unpaired) electrons. The van der Waals surface area contributed by atoms with Gasteiger partial charge in [0.25, 0.3) is 0 Å². The van der Waals surface area contributed by atoms with Gasteiger partial charge in [-0.25, -0.2) is 4.98 Å². The molecule has 152 valence electrons. The number of rotatable bonds is 6. The van der Waals surface area contributed by atoms with Crippen molar-refractivity contribution < 1.29 is 14.6 Å². The van der Waals surface area contributed by atoms with Crippen LogP contribution in [0.1, 0.15) is 56.7 Å². The number of ether oxygens (including phenoxy) is 1. The molecule has 0 amide bonds. The zero-order valence-electron chi connectivity index (χ0n) is 17.2. The van der Waals surface area contributed by atoms with E-state index >= 15 is 0 Å². The van der Waals surface area contributed by atoms with E-state index in [1.165, 1.54) is 0 Å². The number of benzene rings is 2. The molecule has 1 N–H and O–H groups in total. The Bertz CT molecular complexity index is 930. The molecule has 1 atom stereocenters. The summed E-state index contributed by atoms with van der Waals surface area (Å²) in [5.41, 5.74) is 2.69. The van der Waals surface area contributed by atoms with E-state index in [0.717, 1.165) is 53.6 Å². The third-order valence-corrected chi connectivity index (χ3v) is 5.42. The molecule has 4 rings (SSSR count). The minimum Gasteiger partial charge on any atom is -0.487 e. The van der Waals surface area contributed by atoms with Crippen LogP contribution in [0.4, 0.5) is 0 Å². The number of aromatic nitrogens is 1. The Balaban J connectivity index is 0.00000117. The van der Waals surface area contributed by atoms with Crippen LogP contribution in [0.5, 0.6) is 5.75 Å². The molecule has 3 aromatic rings. The molecule has 4 nitrogen and oxygen atoms in total. The third-order valence-electron chi connectivity index (χ3n) is 5.42. The van der Waals surface area contributed by atoms with Gasteiger partial charge in [-0.2, -0.15) is 0 Å².